The van der Waals surface area contributed by atoms with Crippen LogP contribution in [0.5, 0.6) is 0 Å². The van der Waals surface area contributed by atoms with Gasteiger partial charge in [0.25, 0.3) is 0 Å². The van der Waals surface area contributed by atoms with E-state index in [0.29, 0.717) is 13.0 Å². The van der Waals surface area contributed by atoms with Crippen LogP contribution in [0.15, 0.2) is 30.3 Å². The SMILES string of the molecule is CCC(CC)C(=O)N(CCc1ccccc1)CC(=O)O. The minimum absolute atomic E-state index is 0.0478. The van der Waals surface area contributed by atoms with Crippen LogP contribution in [-0.4, -0.2) is 35.0 Å². The summed E-state index contributed by atoms with van der Waals surface area (Å²) in [4.78, 5) is 24.7. The van der Waals surface area contributed by atoms with Gasteiger partial charge in [-0.25, -0.2) is 0 Å². The fourth-order valence-corrected chi connectivity index (χ4v) is 2.24. The molecule has 1 rings (SSSR count). The Morgan fingerprint density at radius 1 is 1.15 bits per heavy atom. The number of carboxylic acid groups (broad SMARTS) is 1. The van der Waals surface area contributed by atoms with E-state index < -0.39 is 5.97 Å². The molecule has 0 radical (unpaired) electrons. The van der Waals surface area contributed by atoms with Crippen molar-refractivity contribution in [1.29, 1.82) is 0 Å². The molecule has 0 aliphatic carbocycles. The predicted octanol–water partition coefficient (Wildman–Crippen LogP) is 2.58. The normalized spacial score (nSPS) is 10.6. The quantitative estimate of drug-likeness (QED) is 0.794. The molecule has 1 aromatic rings. The second-order valence-electron chi connectivity index (χ2n) is 4.90. The molecule has 1 amide bonds. The number of carbonyl (C=O) groups excluding carboxylic acids is 1. The molecule has 1 aromatic carbocycles. The summed E-state index contributed by atoms with van der Waals surface area (Å²) in [5.41, 5.74) is 1.11. The molecule has 0 bridgehead atoms. The lowest BCUT2D eigenvalue weighted by atomic mass is 10.0. The van der Waals surface area contributed by atoms with Gasteiger partial charge in [0.05, 0.1) is 0 Å². The molecule has 0 saturated heterocycles. The summed E-state index contributed by atoms with van der Waals surface area (Å²) in [6, 6.07) is 9.80. The Bertz CT molecular complexity index is 427. The van der Waals surface area contributed by atoms with Crippen LogP contribution in [0.1, 0.15) is 32.3 Å². The van der Waals surface area contributed by atoms with Gasteiger partial charge in [-0.3, -0.25) is 9.59 Å². The van der Waals surface area contributed by atoms with Crippen molar-refractivity contribution in [2.75, 3.05) is 13.1 Å². The second-order valence-corrected chi connectivity index (χ2v) is 4.90. The standard InChI is InChI=1S/C16H23NO3/c1-3-14(4-2)16(20)17(12-15(18)19)11-10-13-8-6-5-7-9-13/h5-9,14H,3-4,10-12H2,1-2H3,(H,18,19). The molecule has 110 valence electrons. The van der Waals surface area contributed by atoms with E-state index in [4.69, 9.17) is 5.11 Å². The molecular formula is C16H23NO3. The number of aliphatic carboxylic acids is 1. The summed E-state index contributed by atoms with van der Waals surface area (Å²) in [7, 11) is 0. The van der Waals surface area contributed by atoms with E-state index in [2.05, 4.69) is 0 Å². The Kier molecular flexibility index (Phi) is 6.77. The summed E-state index contributed by atoms with van der Waals surface area (Å²) in [5, 5.41) is 8.96. The lowest BCUT2D eigenvalue weighted by Gasteiger charge is -2.25. The van der Waals surface area contributed by atoms with Crippen LogP contribution in [-0.2, 0) is 16.0 Å². The van der Waals surface area contributed by atoms with Crippen molar-refractivity contribution >= 4 is 11.9 Å². The van der Waals surface area contributed by atoms with E-state index in [9.17, 15) is 9.59 Å². The smallest absolute Gasteiger partial charge is 0.323 e. The molecule has 0 aromatic heterocycles. The molecule has 0 atom stereocenters. The minimum Gasteiger partial charge on any atom is -0.480 e. The van der Waals surface area contributed by atoms with Gasteiger partial charge >= 0.3 is 5.97 Å². The van der Waals surface area contributed by atoms with Gasteiger partial charge in [-0.15, -0.1) is 0 Å². The highest BCUT2D eigenvalue weighted by atomic mass is 16.4. The van der Waals surface area contributed by atoms with Gasteiger partial charge in [0, 0.05) is 12.5 Å². The van der Waals surface area contributed by atoms with Gasteiger partial charge in [-0.1, -0.05) is 44.2 Å². The number of rotatable bonds is 8. The molecule has 1 N–H and O–H groups in total. The number of hydrogen-bond acceptors (Lipinski definition) is 2. The third kappa shape index (κ3) is 5.03. The Morgan fingerprint density at radius 2 is 1.75 bits per heavy atom. The highest BCUT2D eigenvalue weighted by molar-refractivity contribution is 5.83. The third-order valence-corrected chi connectivity index (χ3v) is 3.49. The molecule has 4 nitrogen and oxygen atoms in total. The fraction of sp³-hybridized carbons (Fsp3) is 0.500. The van der Waals surface area contributed by atoms with Crippen molar-refractivity contribution in [3.8, 4) is 0 Å². The van der Waals surface area contributed by atoms with E-state index in [-0.39, 0.29) is 18.4 Å². The first-order valence-electron chi connectivity index (χ1n) is 7.13. The zero-order valence-electron chi connectivity index (χ0n) is 12.2. The predicted molar refractivity (Wildman–Crippen MR) is 78.4 cm³/mol. The molecule has 20 heavy (non-hydrogen) atoms. The number of benzene rings is 1. The van der Waals surface area contributed by atoms with Gasteiger partial charge in [-0.05, 0) is 24.8 Å². The van der Waals surface area contributed by atoms with E-state index in [1.165, 1.54) is 4.90 Å². The van der Waals surface area contributed by atoms with Crippen molar-refractivity contribution in [1.82, 2.24) is 4.90 Å². The summed E-state index contributed by atoms with van der Waals surface area (Å²) in [5.74, 6) is -1.09. The van der Waals surface area contributed by atoms with Crippen LogP contribution < -0.4 is 0 Å². The first kappa shape index (κ1) is 16.2. The van der Waals surface area contributed by atoms with E-state index in [1.807, 2.05) is 44.2 Å². The van der Waals surface area contributed by atoms with Crippen LogP contribution in [0.4, 0.5) is 0 Å². The number of carbonyl (C=O) groups is 2. The van der Waals surface area contributed by atoms with Gasteiger partial charge in [0.1, 0.15) is 6.54 Å². The fourth-order valence-electron chi connectivity index (χ4n) is 2.24. The molecular weight excluding hydrogens is 254 g/mol. The van der Waals surface area contributed by atoms with Crippen LogP contribution in [0.25, 0.3) is 0 Å². The molecule has 0 spiro atoms. The average molecular weight is 277 g/mol. The zero-order valence-corrected chi connectivity index (χ0v) is 12.2. The monoisotopic (exact) mass is 277 g/mol. The molecule has 0 fully saturated rings. The van der Waals surface area contributed by atoms with E-state index in [0.717, 1.165) is 18.4 Å². The summed E-state index contributed by atoms with van der Waals surface area (Å²) < 4.78 is 0. The average Bonchev–Trinajstić information content (AvgIpc) is 2.45. The first-order valence-corrected chi connectivity index (χ1v) is 7.13. The number of carboxylic acids is 1. The lowest BCUT2D eigenvalue weighted by molar-refractivity contribution is -0.146. The minimum atomic E-state index is -0.961. The third-order valence-electron chi connectivity index (χ3n) is 3.49. The highest BCUT2D eigenvalue weighted by Gasteiger charge is 2.22. The Labute approximate surface area is 120 Å². The van der Waals surface area contributed by atoms with Crippen molar-refractivity contribution in [2.24, 2.45) is 5.92 Å². The van der Waals surface area contributed by atoms with Crippen molar-refractivity contribution in [2.45, 2.75) is 33.1 Å². The molecule has 0 heterocycles. The Morgan fingerprint density at radius 3 is 2.25 bits per heavy atom. The first-order chi connectivity index (χ1) is 9.58. The van der Waals surface area contributed by atoms with Crippen molar-refractivity contribution in [3.63, 3.8) is 0 Å². The van der Waals surface area contributed by atoms with Gasteiger partial charge in [0.2, 0.25) is 5.91 Å². The molecule has 0 saturated carbocycles. The topological polar surface area (TPSA) is 57.6 Å². The summed E-state index contributed by atoms with van der Waals surface area (Å²) in [6.07, 6.45) is 2.17. The molecule has 0 unspecified atom stereocenters. The van der Waals surface area contributed by atoms with Crippen molar-refractivity contribution in [3.05, 3.63) is 35.9 Å². The van der Waals surface area contributed by atoms with Crippen LogP contribution in [0, 0.1) is 5.92 Å². The molecule has 4 heteroatoms. The maximum Gasteiger partial charge on any atom is 0.323 e. The largest absolute Gasteiger partial charge is 0.480 e. The van der Waals surface area contributed by atoms with Gasteiger partial charge in [0.15, 0.2) is 0 Å². The van der Waals surface area contributed by atoms with E-state index >= 15 is 0 Å². The molecule has 0 aliphatic rings. The Hall–Kier alpha value is -1.84. The highest BCUT2D eigenvalue weighted by Crippen LogP contribution is 2.13. The van der Waals surface area contributed by atoms with Crippen LogP contribution in [0.2, 0.25) is 0 Å². The van der Waals surface area contributed by atoms with Gasteiger partial charge < -0.3 is 10.0 Å². The second kappa shape index (κ2) is 8.35. The maximum atomic E-state index is 12.3. The zero-order chi connectivity index (χ0) is 15.0. The molecule has 0 aliphatic heterocycles. The number of hydrogen-bond donors (Lipinski definition) is 1. The summed E-state index contributed by atoms with van der Waals surface area (Å²) >= 11 is 0. The lowest BCUT2D eigenvalue weighted by Crippen LogP contribution is -2.40. The number of nitrogens with zero attached hydrogens (tertiary/aromatic N) is 1. The van der Waals surface area contributed by atoms with Gasteiger partial charge in [-0.2, -0.15) is 0 Å². The maximum absolute atomic E-state index is 12.3. The van der Waals surface area contributed by atoms with Crippen molar-refractivity contribution < 1.29 is 14.7 Å². The number of amides is 1. The van der Waals surface area contributed by atoms with Crippen LogP contribution >= 0.6 is 0 Å². The summed E-state index contributed by atoms with van der Waals surface area (Å²) in [6.45, 7) is 4.15. The van der Waals surface area contributed by atoms with Crippen LogP contribution in [0.3, 0.4) is 0 Å². The Balaban J connectivity index is 2.69. The van der Waals surface area contributed by atoms with E-state index in [1.54, 1.807) is 0 Å².